The van der Waals surface area contributed by atoms with Crippen LogP contribution in [0.2, 0.25) is 0 Å². The van der Waals surface area contributed by atoms with Gasteiger partial charge in [-0.3, -0.25) is 9.79 Å². The third kappa shape index (κ3) is 7.76. The highest BCUT2D eigenvalue weighted by Gasteiger charge is 2.26. The lowest BCUT2D eigenvalue weighted by Gasteiger charge is -2.35. The van der Waals surface area contributed by atoms with Gasteiger partial charge in [-0.15, -0.1) is 0 Å². The Hall–Kier alpha value is -2.16. The number of guanidine groups is 1. The third-order valence-corrected chi connectivity index (χ3v) is 5.73. The topological polar surface area (TPSA) is 84.4 Å². The van der Waals surface area contributed by atoms with Crippen molar-refractivity contribution in [1.29, 1.82) is 0 Å². The molecule has 0 radical (unpaired) electrons. The monoisotopic (exact) mass is 446 g/mol. The fourth-order valence-electron chi connectivity index (χ4n) is 4.04. The van der Waals surface area contributed by atoms with Crippen molar-refractivity contribution in [3.63, 3.8) is 0 Å². The second-order valence-electron chi connectivity index (χ2n) is 8.68. The minimum atomic E-state index is 0.0617. The number of amides is 1. The minimum absolute atomic E-state index is 0.0617. The van der Waals surface area contributed by atoms with Crippen LogP contribution in [0.5, 0.6) is 0 Å². The standard InChI is InChI=1S/C24H38N4O4/c1-18-14-28(15-19(2)32-18)23(29)22-7-5-20(6-8-22)13-27-24(25-3)26-10-4-11-30-16-21-9-12-31-17-21/h5-8,18-19,21H,4,9-17H2,1-3H3,(H2,25,26,27). The van der Waals surface area contributed by atoms with E-state index in [0.29, 0.717) is 31.1 Å². The van der Waals surface area contributed by atoms with E-state index >= 15 is 0 Å². The zero-order chi connectivity index (χ0) is 22.8. The number of morpholine rings is 1. The van der Waals surface area contributed by atoms with Gasteiger partial charge < -0.3 is 29.7 Å². The van der Waals surface area contributed by atoms with E-state index in [9.17, 15) is 4.79 Å². The van der Waals surface area contributed by atoms with Crippen LogP contribution in [-0.2, 0) is 20.8 Å². The molecular weight excluding hydrogens is 408 g/mol. The van der Waals surface area contributed by atoms with Crippen LogP contribution in [0.1, 0.15) is 42.6 Å². The number of ether oxygens (including phenoxy) is 3. The Balaban J connectivity index is 1.34. The predicted molar refractivity (Wildman–Crippen MR) is 125 cm³/mol. The first-order chi connectivity index (χ1) is 15.5. The molecule has 2 aliphatic heterocycles. The van der Waals surface area contributed by atoms with Crippen molar-refractivity contribution >= 4 is 11.9 Å². The number of aliphatic imine (C=N–C) groups is 1. The van der Waals surface area contributed by atoms with Gasteiger partial charge in [0.1, 0.15) is 0 Å². The maximum absolute atomic E-state index is 12.8. The number of carbonyl (C=O) groups excluding carboxylic acids is 1. The lowest BCUT2D eigenvalue weighted by Crippen LogP contribution is -2.48. The van der Waals surface area contributed by atoms with Crippen molar-refractivity contribution in [2.45, 2.75) is 45.4 Å². The fraction of sp³-hybridized carbons (Fsp3) is 0.667. The lowest BCUT2D eigenvalue weighted by molar-refractivity contribution is -0.0586. The highest BCUT2D eigenvalue weighted by molar-refractivity contribution is 5.94. The van der Waals surface area contributed by atoms with Gasteiger partial charge in [0.15, 0.2) is 5.96 Å². The molecule has 2 saturated heterocycles. The van der Waals surface area contributed by atoms with Crippen molar-refractivity contribution in [2.75, 3.05) is 53.1 Å². The SMILES string of the molecule is CN=C(NCCCOCC1CCOC1)NCc1ccc(C(=O)N2CC(C)OC(C)C2)cc1. The zero-order valence-electron chi connectivity index (χ0n) is 19.6. The molecule has 178 valence electrons. The highest BCUT2D eigenvalue weighted by Crippen LogP contribution is 2.15. The Morgan fingerprint density at radius 1 is 1.19 bits per heavy atom. The van der Waals surface area contributed by atoms with Gasteiger partial charge in [-0.2, -0.15) is 0 Å². The van der Waals surface area contributed by atoms with Gasteiger partial charge in [0.25, 0.3) is 5.91 Å². The number of rotatable bonds is 9. The van der Waals surface area contributed by atoms with Crippen molar-refractivity contribution in [1.82, 2.24) is 15.5 Å². The third-order valence-electron chi connectivity index (χ3n) is 5.73. The molecular formula is C24H38N4O4. The Morgan fingerprint density at radius 3 is 2.59 bits per heavy atom. The molecule has 1 aromatic rings. The number of carbonyl (C=O) groups is 1. The van der Waals surface area contributed by atoms with E-state index in [2.05, 4.69) is 15.6 Å². The van der Waals surface area contributed by atoms with E-state index in [1.54, 1.807) is 7.05 Å². The zero-order valence-corrected chi connectivity index (χ0v) is 19.6. The molecule has 2 fully saturated rings. The molecule has 32 heavy (non-hydrogen) atoms. The summed E-state index contributed by atoms with van der Waals surface area (Å²) in [5, 5.41) is 6.63. The summed E-state index contributed by atoms with van der Waals surface area (Å²) in [6, 6.07) is 7.77. The second kappa shape index (κ2) is 12.8. The van der Waals surface area contributed by atoms with Crippen molar-refractivity contribution in [3.05, 3.63) is 35.4 Å². The number of nitrogens with one attached hydrogen (secondary N) is 2. The van der Waals surface area contributed by atoms with Crippen LogP contribution in [-0.4, -0.2) is 82.1 Å². The lowest BCUT2D eigenvalue weighted by atomic mass is 10.1. The molecule has 1 amide bonds. The molecule has 3 unspecified atom stereocenters. The van der Waals surface area contributed by atoms with Crippen LogP contribution < -0.4 is 10.6 Å². The van der Waals surface area contributed by atoms with E-state index in [0.717, 1.165) is 57.3 Å². The average Bonchev–Trinajstić information content (AvgIpc) is 3.31. The molecule has 3 atom stereocenters. The molecule has 1 aromatic carbocycles. The van der Waals surface area contributed by atoms with Gasteiger partial charge in [-0.05, 0) is 44.4 Å². The minimum Gasteiger partial charge on any atom is -0.381 e. The number of hydrogen-bond donors (Lipinski definition) is 2. The first-order valence-corrected chi connectivity index (χ1v) is 11.7. The normalized spacial score (nSPS) is 23.9. The first kappa shape index (κ1) is 24.5. The molecule has 2 aliphatic rings. The summed E-state index contributed by atoms with van der Waals surface area (Å²) in [4.78, 5) is 18.9. The average molecular weight is 447 g/mol. The van der Waals surface area contributed by atoms with E-state index in [4.69, 9.17) is 14.2 Å². The van der Waals surface area contributed by atoms with Crippen LogP contribution in [0.25, 0.3) is 0 Å². The van der Waals surface area contributed by atoms with Crippen molar-refractivity contribution in [2.24, 2.45) is 10.9 Å². The van der Waals surface area contributed by atoms with Crippen LogP contribution >= 0.6 is 0 Å². The molecule has 2 N–H and O–H groups in total. The largest absolute Gasteiger partial charge is 0.381 e. The van der Waals surface area contributed by atoms with Crippen molar-refractivity contribution in [3.8, 4) is 0 Å². The molecule has 0 spiro atoms. The summed E-state index contributed by atoms with van der Waals surface area (Å²) in [5.41, 5.74) is 1.80. The molecule has 0 aromatic heterocycles. The highest BCUT2D eigenvalue weighted by atomic mass is 16.5. The van der Waals surface area contributed by atoms with Gasteiger partial charge in [0.2, 0.25) is 0 Å². The van der Waals surface area contributed by atoms with Crippen LogP contribution in [0, 0.1) is 5.92 Å². The molecule has 8 heteroatoms. The molecule has 2 heterocycles. The van der Waals surface area contributed by atoms with Crippen LogP contribution in [0.4, 0.5) is 0 Å². The summed E-state index contributed by atoms with van der Waals surface area (Å²) in [7, 11) is 1.76. The summed E-state index contributed by atoms with van der Waals surface area (Å²) < 4.78 is 16.8. The van der Waals surface area contributed by atoms with Crippen LogP contribution in [0.15, 0.2) is 29.3 Å². The molecule has 3 rings (SSSR count). The molecule has 0 bridgehead atoms. The number of benzene rings is 1. The second-order valence-corrected chi connectivity index (χ2v) is 8.68. The summed E-state index contributed by atoms with van der Waals surface area (Å²) in [6.45, 7) is 9.92. The van der Waals surface area contributed by atoms with E-state index in [1.807, 2.05) is 43.0 Å². The van der Waals surface area contributed by atoms with E-state index in [1.165, 1.54) is 0 Å². The van der Waals surface area contributed by atoms with Gasteiger partial charge in [0.05, 0.1) is 25.4 Å². The molecule has 0 saturated carbocycles. The Bertz CT molecular complexity index is 724. The summed E-state index contributed by atoms with van der Waals surface area (Å²) in [5.74, 6) is 1.37. The van der Waals surface area contributed by atoms with Crippen LogP contribution in [0.3, 0.4) is 0 Å². The van der Waals surface area contributed by atoms with E-state index in [-0.39, 0.29) is 18.1 Å². The Morgan fingerprint density at radius 2 is 1.94 bits per heavy atom. The summed E-state index contributed by atoms with van der Waals surface area (Å²) >= 11 is 0. The first-order valence-electron chi connectivity index (χ1n) is 11.7. The number of nitrogens with zero attached hydrogens (tertiary/aromatic N) is 2. The molecule has 0 aliphatic carbocycles. The molecule has 8 nitrogen and oxygen atoms in total. The van der Waals surface area contributed by atoms with Gasteiger partial charge in [-0.1, -0.05) is 12.1 Å². The summed E-state index contributed by atoms with van der Waals surface area (Å²) in [6.07, 6.45) is 2.16. The number of hydrogen-bond acceptors (Lipinski definition) is 5. The van der Waals surface area contributed by atoms with Crippen molar-refractivity contribution < 1.29 is 19.0 Å². The Labute approximate surface area is 191 Å². The maximum Gasteiger partial charge on any atom is 0.254 e. The van der Waals surface area contributed by atoms with Gasteiger partial charge in [-0.25, -0.2) is 0 Å². The fourth-order valence-corrected chi connectivity index (χ4v) is 4.04. The van der Waals surface area contributed by atoms with Gasteiger partial charge in [0, 0.05) is 57.9 Å². The van der Waals surface area contributed by atoms with E-state index < -0.39 is 0 Å². The maximum atomic E-state index is 12.8. The smallest absolute Gasteiger partial charge is 0.254 e. The quantitative estimate of drug-likeness (QED) is 0.343. The Kier molecular flexibility index (Phi) is 9.77. The van der Waals surface area contributed by atoms with Gasteiger partial charge >= 0.3 is 0 Å². The predicted octanol–water partition coefficient (Wildman–Crippen LogP) is 2.04.